The molecule has 2 aromatic heterocycles. The summed E-state index contributed by atoms with van der Waals surface area (Å²) in [6, 6.07) is 4.36. The van der Waals surface area contributed by atoms with Crippen molar-refractivity contribution in [3.05, 3.63) is 49.8 Å². The Morgan fingerprint density at radius 3 is 2.82 bits per heavy atom. The maximum absolute atomic E-state index is 12.7. The molecule has 1 aliphatic carbocycles. The number of carbonyl (C=O) groups excluding carboxylic acids is 1. The van der Waals surface area contributed by atoms with Gasteiger partial charge < -0.3 is 9.88 Å². The first-order valence-corrected chi connectivity index (χ1v) is 8.31. The van der Waals surface area contributed by atoms with Crippen molar-refractivity contribution in [1.29, 1.82) is 0 Å². The second-order valence-corrected chi connectivity index (χ2v) is 6.76. The summed E-state index contributed by atoms with van der Waals surface area (Å²) in [4.78, 5) is 34.7. The average molecular weight is 317 g/mol. The van der Waals surface area contributed by atoms with E-state index in [9.17, 15) is 9.59 Å². The molecule has 0 radical (unpaired) electrons. The summed E-state index contributed by atoms with van der Waals surface area (Å²) in [5, 5.41) is 2.02. The second-order valence-electron chi connectivity index (χ2n) is 5.72. The van der Waals surface area contributed by atoms with E-state index in [1.165, 1.54) is 4.88 Å². The molecule has 1 saturated carbocycles. The minimum atomic E-state index is -0.203. The van der Waals surface area contributed by atoms with Gasteiger partial charge in [0.2, 0.25) is 5.91 Å². The normalized spacial score (nSPS) is 14.1. The van der Waals surface area contributed by atoms with Gasteiger partial charge in [-0.3, -0.25) is 9.59 Å². The lowest BCUT2D eigenvalue weighted by atomic mass is 10.1. The molecule has 116 valence electrons. The van der Waals surface area contributed by atoms with E-state index in [1.54, 1.807) is 25.2 Å². The van der Waals surface area contributed by atoms with Crippen molar-refractivity contribution in [3.8, 4) is 0 Å². The summed E-state index contributed by atoms with van der Waals surface area (Å²) in [5.41, 5.74) is 0.916. The number of hydrogen-bond donors (Lipinski definition) is 1. The molecule has 0 unspecified atom stereocenters. The number of nitrogens with zero attached hydrogens (tertiary/aromatic N) is 2. The summed E-state index contributed by atoms with van der Waals surface area (Å²) in [7, 11) is 0. The van der Waals surface area contributed by atoms with Gasteiger partial charge in [0.1, 0.15) is 5.82 Å². The molecule has 1 fully saturated rings. The first kappa shape index (κ1) is 15.0. The quantitative estimate of drug-likeness (QED) is 0.919. The van der Waals surface area contributed by atoms with Crippen molar-refractivity contribution >= 4 is 17.2 Å². The fourth-order valence-corrected chi connectivity index (χ4v) is 3.29. The van der Waals surface area contributed by atoms with Crippen molar-refractivity contribution in [3.63, 3.8) is 0 Å². The predicted molar refractivity (Wildman–Crippen MR) is 85.9 cm³/mol. The second kappa shape index (κ2) is 6.04. The standard InChI is InChI=1S/C16H19N3O2S/c1-10-14(16(21)18-11(2)17-10)8-15(20)19(12-5-6-12)9-13-4-3-7-22-13/h3-4,7,12H,5-6,8-9H2,1-2H3,(H,17,18,21). The van der Waals surface area contributed by atoms with Crippen LogP contribution in [0.1, 0.15) is 34.8 Å². The van der Waals surface area contributed by atoms with Crippen LogP contribution in [-0.4, -0.2) is 26.8 Å². The van der Waals surface area contributed by atoms with E-state index in [1.807, 2.05) is 22.4 Å². The van der Waals surface area contributed by atoms with Crippen LogP contribution >= 0.6 is 11.3 Å². The summed E-state index contributed by atoms with van der Waals surface area (Å²) in [6.07, 6.45) is 2.23. The molecule has 3 rings (SSSR count). The molecular weight excluding hydrogens is 298 g/mol. The monoisotopic (exact) mass is 317 g/mol. The number of nitrogens with one attached hydrogen (secondary N) is 1. The van der Waals surface area contributed by atoms with Crippen molar-refractivity contribution in [2.24, 2.45) is 0 Å². The average Bonchev–Trinajstić information content (AvgIpc) is 3.16. The molecule has 1 aliphatic rings. The van der Waals surface area contributed by atoms with E-state index in [2.05, 4.69) is 9.97 Å². The number of carbonyl (C=O) groups is 1. The molecule has 0 spiro atoms. The van der Waals surface area contributed by atoms with Crippen LogP contribution in [0.4, 0.5) is 0 Å². The van der Waals surface area contributed by atoms with Crippen LogP contribution in [0.2, 0.25) is 0 Å². The Hall–Kier alpha value is -1.95. The van der Waals surface area contributed by atoms with Crippen molar-refractivity contribution in [2.45, 2.75) is 45.7 Å². The van der Waals surface area contributed by atoms with Crippen LogP contribution in [-0.2, 0) is 17.8 Å². The van der Waals surface area contributed by atoms with E-state index < -0.39 is 0 Å². The fourth-order valence-electron chi connectivity index (χ4n) is 2.59. The van der Waals surface area contributed by atoms with Gasteiger partial charge >= 0.3 is 0 Å². The molecule has 0 saturated heterocycles. The topological polar surface area (TPSA) is 66.1 Å². The number of aromatic nitrogens is 2. The zero-order chi connectivity index (χ0) is 15.7. The Balaban J connectivity index is 1.78. The van der Waals surface area contributed by atoms with Gasteiger partial charge in [0, 0.05) is 22.2 Å². The van der Waals surface area contributed by atoms with Gasteiger partial charge in [-0.15, -0.1) is 11.3 Å². The third-order valence-corrected chi connectivity index (χ3v) is 4.74. The maximum atomic E-state index is 12.7. The van der Waals surface area contributed by atoms with Crippen molar-refractivity contribution < 1.29 is 4.79 Å². The number of aryl methyl sites for hydroxylation is 2. The minimum Gasteiger partial charge on any atom is -0.334 e. The smallest absolute Gasteiger partial charge is 0.254 e. The largest absolute Gasteiger partial charge is 0.334 e. The Labute approximate surface area is 133 Å². The molecule has 1 amide bonds. The summed E-state index contributed by atoms with van der Waals surface area (Å²) < 4.78 is 0. The van der Waals surface area contributed by atoms with Crippen LogP contribution in [0.15, 0.2) is 22.3 Å². The Kier molecular flexibility index (Phi) is 4.11. The van der Waals surface area contributed by atoms with E-state index in [0.29, 0.717) is 29.7 Å². The molecule has 6 heteroatoms. The number of amides is 1. The first-order chi connectivity index (χ1) is 10.5. The van der Waals surface area contributed by atoms with Gasteiger partial charge in [0.25, 0.3) is 5.56 Å². The Bertz CT molecular complexity index is 732. The summed E-state index contributed by atoms with van der Waals surface area (Å²) in [6.45, 7) is 4.16. The highest BCUT2D eigenvalue weighted by molar-refractivity contribution is 7.09. The molecule has 0 aromatic carbocycles. The molecule has 0 atom stereocenters. The van der Waals surface area contributed by atoms with Crippen LogP contribution in [0.5, 0.6) is 0 Å². The molecule has 0 aliphatic heterocycles. The van der Waals surface area contributed by atoms with E-state index in [4.69, 9.17) is 0 Å². The highest BCUT2D eigenvalue weighted by Gasteiger charge is 2.33. The first-order valence-electron chi connectivity index (χ1n) is 7.43. The molecule has 5 nitrogen and oxygen atoms in total. The SMILES string of the molecule is Cc1nc(C)c(CC(=O)N(Cc2cccs2)C2CC2)c(=O)[nH]1. The number of thiophene rings is 1. The van der Waals surface area contributed by atoms with E-state index in [0.717, 1.165) is 12.8 Å². The molecule has 22 heavy (non-hydrogen) atoms. The van der Waals surface area contributed by atoms with Gasteiger partial charge in [0.05, 0.1) is 13.0 Å². The van der Waals surface area contributed by atoms with Crippen molar-refractivity contribution in [2.75, 3.05) is 0 Å². The number of aromatic amines is 1. The molecule has 2 heterocycles. The molecule has 0 bridgehead atoms. The van der Waals surface area contributed by atoms with E-state index >= 15 is 0 Å². The highest BCUT2D eigenvalue weighted by Crippen LogP contribution is 2.29. The maximum Gasteiger partial charge on any atom is 0.254 e. The molecular formula is C16H19N3O2S. The minimum absolute atomic E-state index is 0.00940. The lowest BCUT2D eigenvalue weighted by Crippen LogP contribution is -2.35. The predicted octanol–water partition coefficient (Wildman–Crippen LogP) is 2.18. The van der Waals surface area contributed by atoms with Crippen LogP contribution in [0, 0.1) is 13.8 Å². The zero-order valence-electron chi connectivity index (χ0n) is 12.8. The number of hydrogen-bond acceptors (Lipinski definition) is 4. The Morgan fingerprint density at radius 2 is 2.23 bits per heavy atom. The van der Waals surface area contributed by atoms with E-state index in [-0.39, 0.29) is 17.9 Å². The zero-order valence-corrected chi connectivity index (χ0v) is 13.6. The van der Waals surface area contributed by atoms with Gasteiger partial charge in [-0.2, -0.15) is 0 Å². The van der Waals surface area contributed by atoms with Gasteiger partial charge in [-0.05, 0) is 38.1 Å². The number of H-pyrrole nitrogens is 1. The van der Waals surface area contributed by atoms with Crippen molar-refractivity contribution in [1.82, 2.24) is 14.9 Å². The van der Waals surface area contributed by atoms with Gasteiger partial charge in [-0.1, -0.05) is 6.07 Å². The molecule has 2 aromatic rings. The van der Waals surface area contributed by atoms with Crippen LogP contribution in [0.3, 0.4) is 0 Å². The van der Waals surface area contributed by atoms with Crippen LogP contribution < -0.4 is 5.56 Å². The molecule has 1 N–H and O–H groups in total. The summed E-state index contributed by atoms with van der Waals surface area (Å²) in [5.74, 6) is 0.589. The lowest BCUT2D eigenvalue weighted by Gasteiger charge is -2.22. The van der Waals surface area contributed by atoms with Crippen LogP contribution in [0.25, 0.3) is 0 Å². The third kappa shape index (κ3) is 3.27. The number of rotatable bonds is 5. The fraction of sp³-hybridized carbons (Fsp3) is 0.438. The third-order valence-electron chi connectivity index (χ3n) is 3.88. The lowest BCUT2D eigenvalue weighted by molar-refractivity contribution is -0.131. The van der Waals surface area contributed by atoms with Gasteiger partial charge in [0.15, 0.2) is 0 Å². The summed E-state index contributed by atoms with van der Waals surface area (Å²) >= 11 is 1.65. The highest BCUT2D eigenvalue weighted by atomic mass is 32.1. The van der Waals surface area contributed by atoms with Gasteiger partial charge in [-0.25, -0.2) is 4.98 Å². The Morgan fingerprint density at radius 1 is 1.45 bits per heavy atom.